The molecule has 0 saturated carbocycles. The fourth-order valence-electron chi connectivity index (χ4n) is 0.455. The first-order valence-corrected chi connectivity index (χ1v) is 6.80. The van der Waals surface area contributed by atoms with Crippen LogP contribution in [0.15, 0.2) is 0 Å². The summed E-state index contributed by atoms with van der Waals surface area (Å²) in [7, 11) is 0. The molecule has 0 amide bonds. The van der Waals surface area contributed by atoms with E-state index in [9.17, 15) is 0 Å². The zero-order valence-electron chi connectivity index (χ0n) is 4.39. The van der Waals surface area contributed by atoms with Crippen molar-refractivity contribution in [3.05, 3.63) is 0 Å². The van der Waals surface area contributed by atoms with E-state index in [1.54, 1.807) is 0 Å². The summed E-state index contributed by atoms with van der Waals surface area (Å²) in [5.74, 6) is 5.68. The minimum absolute atomic E-state index is 0.547. The Balaban J connectivity index is 2.25. The quantitative estimate of drug-likeness (QED) is 0.395. The average Bonchev–Trinajstić information content (AvgIpc) is 1.90. The number of terminal acetylenes is 1. The molecule has 0 N–H and O–H groups in total. The first-order valence-electron chi connectivity index (χ1n) is 2.38. The highest BCUT2D eigenvalue weighted by molar-refractivity contribution is 8.82. The molecule has 1 aliphatic rings. The van der Waals surface area contributed by atoms with Gasteiger partial charge in [0.2, 0.25) is 0 Å². The Hall–Kier alpha value is 0.690. The Bertz CT molecular complexity index is 101. The summed E-state index contributed by atoms with van der Waals surface area (Å²) in [5.41, 5.74) is 0. The molecule has 1 heterocycles. The van der Waals surface area contributed by atoms with E-state index in [1.807, 2.05) is 22.8 Å². The van der Waals surface area contributed by atoms with Gasteiger partial charge in [-0.1, -0.05) is 0 Å². The van der Waals surface area contributed by atoms with Crippen LogP contribution >= 0.6 is 29.7 Å². The highest BCUT2D eigenvalue weighted by Crippen LogP contribution is 2.48. The third-order valence-electron chi connectivity index (χ3n) is 0.923. The van der Waals surface area contributed by atoms with Gasteiger partial charge in [-0.2, -0.15) is 0 Å². The van der Waals surface area contributed by atoms with Crippen LogP contribution in [0.3, 0.4) is 0 Å². The normalized spacial score (nSPS) is 32.1. The molecule has 0 radical (unpaired) electrons. The van der Waals surface area contributed by atoms with Crippen molar-refractivity contribution in [2.24, 2.45) is 5.92 Å². The van der Waals surface area contributed by atoms with Gasteiger partial charge in [0.25, 0.3) is 0 Å². The van der Waals surface area contributed by atoms with Gasteiger partial charge in [0.15, 0.2) is 0 Å². The summed E-state index contributed by atoms with van der Waals surface area (Å²) in [6, 6.07) is 0. The second-order valence-electron chi connectivity index (χ2n) is 1.57. The van der Waals surface area contributed by atoms with Gasteiger partial charge in [-0.05, 0) is 6.98 Å². The molecule has 1 saturated heterocycles. The summed E-state index contributed by atoms with van der Waals surface area (Å²) < 4.78 is 0. The second kappa shape index (κ2) is 3.67. The summed E-state index contributed by atoms with van der Waals surface area (Å²) in [6.07, 6.45) is 5.23. The molecule has 1 aliphatic heterocycles. The van der Waals surface area contributed by atoms with E-state index in [-0.39, 0.29) is 0 Å². The molecule has 8 heavy (non-hydrogen) atoms. The van der Waals surface area contributed by atoms with Crippen LogP contribution in [0.5, 0.6) is 0 Å². The molecule has 0 aliphatic carbocycles. The third-order valence-corrected chi connectivity index (χ3v) is 6.12. The van der Waals surface area contributed by atoms with Crippen molar-refractivity contribution >= 4 is 29.7 Å². The fourth-order valence-corrected chi connectivity index (χ4v) is 5.49. The predicted octanol–water partition coefficient (Wildman–Crippen LogP) is 2.22. The maximum Gasteiger partial charge on any atom is 0.0388 e. The highest BCUT2D eigenvalue weighted by atomic mass is 33.1. The number of hydrogen-bond acceptors (Lipinski definition) is 2. The maximum absolute atomic E-state index is 5.23. The first kappa shape index (κ1) is 6.81. The van der Waals surface area contributed by atoms with Crippen molar-refractivity contribution in [2.75, 3.05) is 11.5 Å². The average molecular weight is 162 g/mol. The van der Waals surface area contributed by atoms with Crippen LogP contribution in [0.4, 0.5) is 0 Å². The van der Waals surface area contributed by atoms with Gasteiger partial charge >= 0.3 is 0 Å². The Morgan fingerprint density at radius 1 is 1.50 bits per heavy atom. The lowest BCUT2D eigenvalue weighted by Crippen LogP contribution is -2.03. The fraction of sp³-hybridized carbons (Fsp3) is 0.600. The van der Waals surface area contributed by atoms with E-state index in [0.29, 0.717) is 5.92 Å². The van der Waals surface area contributed by atoms with Crippen molar-refractivity contribution in [1.29, 1.82) is 0 Å². The minimum atomic E-state index is 0.547. The molecule has 0 aromatic heterocycles. The maximum atomic E-state index is 5.23. The Labute approximate surface area is 59.9 Å². The Morgan fingerprint density at radius 2 is 2.12 bits per heavy atom. The Kier molecular flexibility index (Phi) is 3.12. The van der Waals surface area contributed by atoms with Crippen LogP contribution < -0.4 is 0 Å². The smallest absolute Gasteiger partial charge is 0.0388 e. The van der Waals surface area contributed by atoms with E-state index < -0.39 is 0 Å². The predicted molar refractivity (Wildman–Crippen MR) is 45.6 cm³/mol. The summed E-state index contributed by atoms with van der Waals surface area (Å²) in [5, 5.41) is 0. The molecule has 0 spiro atoms. The molecule has 0 unspecified atom stereocenters. The van der Waals surface area contributed by atoms with E-state index in [2.05, 4.69) is 5.92 Å². The molecule has 0 bridgehead atoms. The van der Waals surface area contributed by atoms with Gasteiger partial charge in [-0.15, -0.1) is 35.1 Å². The summed E-state index contributed by atoms with van der Waals surface area (Å²) in [6.45, 7) is 1.03. The largest absolute Gasteiger partial charge is 0.125 e. The van der Waals surface area contributed by atoms with E-state index >= 15 is 0 Å². The van der Waals surface area contributed by atoms with Crippen LogP contribution in [-0.4, -0.2) is 11.5 Å². The number of rotatable bonds is 0. The van der Waals surface area contributed by atoms with Gasteiger partial charge in [0.1, 0.15) is 0 Å². The van der Waals surface area contributed by atoms with Crippen LogP contribution in [0, 0.1) is 18.3 Å². The Morgan fingerprint density at radius 3 is 2.50 bits per heavy atom. The lowest BCUT2D eigenvalue weighted by Gasteiger charge is -2.14. The minimum Gasteiger partial charge on any atom is -0.125 e. The standard InChI is InChI=1S/C5H7PS2/c1-2-5-3-7-6-8-4-5/h1,5-6H,3-4H2. The van der Waals surface area contributed by atoms with Gasteiger partial charge in [-0.3, -0.25) is 0 Å². The zero-order valence-corrected chi connectivity index (χ0v) is 7.02. The zero-order chi connectivity index (χ0) is 5.82. The molecule has 0 nitrogen and oxygen atoms in total. The lowest BCUT2D eigenvalue weighted by molar-refractivity contribution is 0.904. The summed E-state index contributed by atoms with van der Waals surface area (Å²) >= 11 is 3.95. The molecule has 1 fully saturated rings. The van der Waals surface area contributed by atoms with E-state index in [0.717, 1.165) is 6.98 Å². The van der Waals surface area contributed by atoms with Crippen molar-refractivity contribution < 1.29 is 0 Å². The topological polar surface area (TPSA) is 0 Å². The van der Waals surface area contributed by atoms with Crippen molar-refractivity contribution in [1.82, 2.24) is 0 Å². The van der Waals surface area contributed by atoms with Gasteiger partial charge in [0.05, 0.1) is 0 Å². The van der Waals surface area contributed by atoms with Crippen LogP contribution in [-0.2, 0) is 0 Å². The van der Waals surface area contributed by atoms with Crippen molar-refractivity contribution in [3.8, 4) is 12.3 Å². The molecule has 1 rings (SSSR count). The molecule has 0 atom stereocenters. The van der Waals surface area contributed by atoms with Crippen molar-refractivity contribution in [2.45, 2.75) is 0 Å². The molecule has 0 aromatic rings. The SMILES string of the molecule is C#CC1CSPSC1. The van der Waals surface area contributed by atoms with Gasteiger partial charge in [-0.25, -0.2) is 0 Å². The van der Waals surface area contributed by atoms with Crippen LogP contribution in [0.25, 0.3) is 0 Å². The monoisotopic (exact) mass is 162 g/mol. The van der Waals surface area contributed by atoms with E-state index in [1.165, 1.54) is 11.5 Å². The van der Waals surface area contributed by atoms with Crippen molar-refractivity contribution in [3.63, 3.8) is 0 Å². The van der Waals surface area contributed by atoms with E-state index in [4.69, 9.17) is 6.42 Å². The first-order chi connectivity index (χ1) is 3.93. The van der Waals surface area contributed by atoms with Crippen LogP contribution in [0.1, 0.15) is 0 Å². The lowest BCUT2D eigenvalue weighted by atomic mass is 10.2. The number of hydrogen-bond donors (Lipinski definition) is 0. The second-order valence-corrected chi connectivity index (χ2v) is 6.71. The third kappa shape index (κ3) is 1.90. The summed E-state index contributed by atoms with van der Waals surface area (Å²) in [4.78, 5) is 0. The van der Waals surface area contributed by atoms with Gasteiger partial charge < -0.3 is 0 Å². The highest BCUT2D eigenvalue weighted by Gasteiger charge is 2.09. The molecule has 3 heteroatoms. The van der Waals surface area contributed by atoms with Gasteiger partial charge in [0, 0.05) is 17.4 Å². The molecular weight excluding hydrogens is 155 g/mol. The molecule has 0 aromatic carbocycles. The molecule has 44 valence electrons. The van der Waals surface area contributed by atoms with Crippen LogP contribution in [0.2, 0.25) is 0 Å². The molecular formula is C5H7PS2.